The Morgan fingerprint density at radius 3 is 2.38 bits per heavy atom. The van der Waals surface area contributed by atoms with Crippen molar-refractivity contribution in [2.24, 2.45) is 17.8 Å². The predicted octanol–water partition coefficient (Wildman–Crippen LogP) is 3.96. The van der Waals surface area contributed by atoms with Crippen LogP contribution < -0.4 is 0 Å². The van der Waals surface area contributed by atoms with E-state index < -0.39 is 11.7 Å². The molecule has 1 aromatic rings. The summed E-state index contributed by atoms with van der Waals surface area (Å²) >= 11 is 0. The second kappa shape index (κ2) is 5.20. The minimum absolute atomic E-state index is 0.0224. The molecule has 0 N–H and O–H groups in total. The van der Waals surface area contributed by atoms with Gasteiger partial charge in [0.1, 0.15) is 6.61 Å². The number of halogens is 3. The fourth-order valence-electron chi connectivity index (χ4n) is 3.10. The van der Waals surface area contributed by atoms with E-state index in [2.05, 4.69) is 12.2 Å². The lowest BCUT2D eigenvalue weighted by Crippen LogP contribution is -2.21. The molecule has 0 aliphatic heterocycles. The van der Waals surface area contributed by atoms with E-state index in [4.69, 9.17) is 4.74 Å². The van der Waals surface area contributed by atoms with Gasteiger partial charge in [0.25, 0.3) is 0 Å². The minimum Gasteiger partial charge on any atom is -0.461 e. The van der Waals surface area contributed by atoms with Crippen molar-refractivity contribution in [3.8, 4) is 0 Å². The number of benzene rings is 1. The summed E-state index contributed by atoms with van der Waals surface area (Å²) < 4.78 is 42.5. The number of fused-ring (bicyclic) bond motifs is 2. The van der Waals surface area contributed by atoms with E-state index in [1.54, 1.807) is 0 Å². The summed E-state index contributed by atoms with van der Waals surface area (Å²) in [6, 6.07) is 4.69. The molecule has 0 saturated heterocycles. The van der Waals surface area contributed by atoms with Gasteiger partial charge in [-0.3, -0.25) is 4.79 Å². The summed E-state index contributed by atoms with van der Waals surface area (Å²) in [6.45, 7) is 0.0224. The normalized spacial score (nSPS) is 27.1. The molecule has 0 heterocycles. The van der Waals surface area contributed by atoms with Gasteiger partial charge in [-0.15, -0.1) is 0 Å². The van der Waals surface area contributed by atoms with Crippen molar-refractivity contribution in [3.05, 3.63) is 47.5 Å². The minimum atomic E-state index is -4.34. The van der Waals surface area contributed by atoms with Crippen LogP contribution in [0.25, 0.3) is 0 Å². The number of hydrogen-bond donors (Lipinski definition) is 0. The Morgan fingerprint density at radius 1 is 1.14 bits per heavy atom. The van der Waals surface area contributed by atoms with Gasteiger partial charge in [-0.1, -0.05) is 24.3 Å². The lowest BCUT2D eigenvalue weighted by molar-refractivity contribution is -0.150. The number of ether oxygens (including phenoxy) is 1. The molecule has 21 heavy (non-hydrogen) atoms. The van der Waals surface area contributed by atoms with E-state index >= 15 is 0 Å². The van der Waals surface area contributed by atoms with Gasteiger partial charge in [0, 0.05) is 0 Å². The first kappa shape index (κ1) is 14.2. The summed E-state index contributed by atoms with van der Waals surface area (Å²) in [6.07, 6.45) is 1.71. The van der Waals surface area contributed by atoms with Crippen molar-refractivity contribution in [2.75, 3.05) is 0 Å². The Kier molecular flexibility index (Phi) is 3.51. The van der Waals surface area contributed by atoms with Crippen LogP contribution in [-0.4, -0.2) is 5.97 Å². The van der Waals surface area contributed by atoms with Gasteiger partial charge in [0.2, 0.25) is 0 Å². The molecule has 2 nitrogen and oxygen atoms in total. The first-order valence-corrected chi connectivity index (χ1v) is 6.94. The Hall–Kier alpha value is -1.78. The van der Waals surface area contributed by atoms with Crippen LogP contribution in [0.2, 0.25) is 0 Å². The van der Waals surface area contributed by atoms with Crippen LogP contribution in [0.5, 0.6) is 0 Å². The van der Waals surface area contributed by atoms with Crippen molar-refractivity contribution in [1.29, 1.82) is 0 Å². The topological polar surface area (TPSA) is 26.3 Å². The molecular formula is C16H15F3O2. The molecule has 0 aromatic heterocycles. The lowest BCUT2D eigenvalue weighted by atomic mass is 9.94. The van der Waals surface area contributed by atoms with Crippen LogP contribution in [0, 0.1) is 17.8 Å². The van der Waals surface area contributed by atoms with E-state index in [1.165, 1.54) is 12.1 Å². The fraction of sp³-hybridized carbons (Fsp3) is 0.438. The molecule has 0 spiro atoms. The third-order valence-electron chi connectivity index (χ3n) is 4.24. The number of allylic oxidation sites excluding steroid dienone is 2. The first-order chi connectivity index (χ1) is 9.93. The predicted molar refractivity (Wildman–Crippen MR) is 70.1 cm³/mol. The maximum Gasteiger partial charge on any atom is 0.416 e. The molecule has 1 aromatic carbocycles. The highest BCUT2D eigenvalue weighted by Gasteiger charge is 2.40. The molecule has 5 heteroatoms. The molecule has 0 amide bonds. The summed E-state index contributed by atoms with van der Waals surface area (Å²) in [5, 5.41) is 0. The number of carbonyl (C=O) groups excluding carboxylic acids is 1. The number of carbonyl (C=O) groups is 1. The highest BCUT2D eigenvalue weighted by atomic mass is 19.4. The number of rotatable bonds is 3. The quantitative estimate of drug-likeness (QED) is 0.623. The fourth-order valence-corrected chi connectivity index (χ4v) is 3.10. The summed E-state index contributed by atoms with van der Waals surface area (Å²) in [5.41, 5.74) is -0.133. The van der Waals surface area contributed by atoms with Crippen LogP contribution in [-0.2, 0) is 22.3 Å². The van der Waals surface area contributed by atoms with Crippen molar-refractivity contribution in [3.63, 3.8) is 0 Å². The Labute approximate surface area is 120 Å². The second-order valence-electron chi connectivity index (χ2n) is 5.69. The monoisotopic (exact) mass is 296 g/mol. The largest absolute Gasteiger partial charge is 0.461 e. The van der Waals surface area contributed by atoms with E-state index in [1.807, 2.05) is 0 Å². The molecule has 2 aliphatic rings. The van der Waals surface area contributed by atoms with Crippen molar-refractivity contribution in [1.82, 2.24) is 0 Å². The standard InChI is InChI=1S/C16H15F3O2/c17-16(18,19)13-5-2-10(3-6-13)9-21-15(20)14-8-11-1-4-12(14)7-11/h1-6,11-12,14H,7-9H2. The second-order valence-corrected chi connectivity index (χ2v) is 5.69. The van der Waals surface area contributed by atoms with Gasteiger partial charge >= 0.3 is 12.1 Å². The molecular weight excluding hydrogens is 281 g/mol. The van der Waals surface area contributed by atoms with Gasteiger partial charge in [0.15, 0.2) is 0 Å². The van der Waals surface area contributed by atoms with Crippen LogP contribution in [0.1, 0.15) is 24.0 Å². The third kappa shape index (κ3) is 2.96. The number of esters is 1. The van der Waals surface area contributed by atoms with E-state index in [0.29, 0.717) is 11.5 Å². The summed E-state index contributed by atoms with van der Waals surface area (Å²) in [7, 11) is 0. The maximum atomic E-state index is 12.4. The molecule has 1 saturated carbocycles. The van der Waals surface area contributed by atoms with Crippen molar-refractivity contribution >= 4 is 5.97 Å². The molecule has 112 valence electrons. The summed E-state index contributed by atoms with van der Waals surface area (Å²) in [4.78, 5) is 12.0. The van der Waals surface area contributed by atoms with Gasteiger partial charge in [0.05, 0.1) is 11.5 Å². The smallest absolute Gasteiger partial charge is 0.416 e. The Balaban J connectivity index is 1.55. The van der Waals surface area contributed by atoms with Crippen LogP contribution >= 0.6 is 0 Å². The van der Waals surface area contributed by atoms with E-state index in [-0.39, 0.29) is 24.4 Å². The number of hydrogen-bond acceptors (Lipinski definition) is 2. The Bertz CT molecular complexity index is 560. The molecule has 2 bridgehead atoms. The molecule has 2 aliphatic carbocycles. The zero-order valence-corrected chi connectivity index (χ0v) is 11.3. The highest BCUT2D eigenvalue weighted by Crippen LogP contribution is 2.43. The average Bonchev–Trinajstić information content (AvgIpc) is 3.07. The molecule has 1 fully saturated rings. The number of alkyl halides is 3. The zero-order chi connectivity index (χ0) is 15.0. The third-order valence-corrected chi connectivity index (χ3v) is 4.24. The van der Waals surface area contributed by atoms with Crippen LogP contribution in [0.3, 0.4) is 0 Å². The van der Waals surface area contributed by atoms with Gasteiger partial charge in [-0.25, -0.2) is 0 Å². The summed E-state index contributed by atoms with van der Waals surface area (Å²) in [5.74, 6) is 0.426. The van der Waals surface area contributed by atoms with E-state index in [9.17, 15) is 18.0 Å². The maximum absolute atomic E-state index is 12.4. The average molecular weight is 296 g/mol. The molecule has 3 atom stereocenters. The lowest BCUT2D eigenvalue weighted by Gasteiger charge is -2.16. The van der Waals surface area contributed by atoms with E-state index in [0.717, 1.165) is 25.0 Å². The first-order valence-electron chi connectivity index (χ1n) is 6.94. The van der Waals surface area contributed by atoms with Gasteiger partial charge in [-0.05, 0) is 42.4 Å². The molecule has 3 unspecified atom stereocenters. The SMILES string of the molecule is O=C(OCc1ccc(C(F)(F)F)cc1)C1CC2C=CC1C2. The molecule has 3 rings (SSSR count). The van der Waals surface area contributed by atoms with Gasteiger partial charge < -0.3 is 4.74 Å². The molecule has 0 radical (unpaired) electrons. The highest BCUT2D eigenvalue weighted by molar-refractivity contribution is 5.74. The van der Waals surface area contributed by atoms with Crippen molar-refractivity contribution < 1.29 is 22.7 Å². The van der Waals surface area contributed by atoms with Crippen LogP contribution in [0.15, 0.2) is 36.4 Å². The van der Waals surface area contributed by atoms with Crippen LogP contribution in [0.4, 0.5) is 13.2 Å². The van der Waals surface area contributed by atoms with Crippen molar-refractivity contribution in [2.45, 2.75) is 25.6 Å². The zero-order valence-electron chi connectivity index (χ0n) is 11.3. The van der Waals surface area contributed by atoms with Gasteiger partial charge in [-0.2, -0.15) is 13.2 Å². The Morgan fingerprint density at radius 2 is 1.86 bits per heavy atom.